The lowest BCUT2D eigenvalue weighted by molar-refractivity contribution is -0.0712. The number of aromatic nitrogens is 4. The van der Waals surface area contributed by atoms with Gasteiger partial charge in [-0.15, -0.1) is 0 Å². The largest absolute Gasteiger partial charge is 0.477 e. The van der Waals surface area contributed by atoms with Crippen molar-refractivity contribution in [2.45, 2.75) is 37.6 Å². The van der Waals surface area contributed by atoms with Crippen LogP contribution in [0.4, 0.5) is 11.5 Å². The van der Waals surface area contributed by atoms with E-state index in [9.17, 15) is 0 Å². The Morgan fingerprint density at radius 3 is 2.69 bits per heavy atom. The third kappa shape index (κ3) is 4.10. The van der Waals surface area contributed by atoms with E-state index in [1.54, 1.807) is 6.20 Å². The quantitative estimate of drug-likeness (QED) is 0.451. The minimum atomic E-state index is 0.622. The molecule has 7 rings (SSSR count). The number of imidazole rings is 1. The molecule has 0 unspecified atom stereocenters. The van der Waals surface area contributed by atoms with Crippen LogP contribution in [-0.4, -0.2) is 63.2 Å². The molecule has 2 fully saturated rings. The van der Waals surface area contributed by atoms with Gasteiger partial charge >= 0.3 is 0 Å². The molecule has 3 aliphatic rings. The zero-order valence-electron chi connectivity index (χ0n) is 20.3. The smallest absolute Gasteiger partial charge is 0.216 e. The lowest BCUT2D eigenvalue weighted by Crippen LogP contribution is -2.51. The molecule has 6 heterocycles. The first kappa shape index (κ1) is 21.8. The summed E-state index contributed by atoms with van der Waals surface area (Å²) in [5.41, 5.74) is 6.19. The number of anilines is 2. The fourth-order valence-corrected chi connectivity index (χ4v) is 5.54. The van der Waals surface area contributed by atoms with Crippen molar-refractivity contribution < 1.29 is 9.47 Å². The van der Waals surface area contributed by atoms with Gasteiger partial charge in [-0.3, -0.25) is 4.90 Å². The van der Waals surface area contributed by atoms with E-state index in [1.807, 2.05) is 23.0 Å². The first-order valence-corrected chi connectivity index (χ1v) is 12.9. The fourth-order valence-electron chi connectivity index (χ4n) is 5.54. The third-order valence-electron chi connectivity index (χ3n) is 7.74. The van der Waals surface area contributed by atoms with Gasteiger partial charge in [0.25, 0.3) is 0 Å². The summed E-state index contributed by atoms with van der Waals surface area (Å²) in [6.07, 6.45) is 12.0. The number of nitrogens with zero attached hydrogens (tertiary/aromatic N) is 5. The van der Waals surface area contributed by atoms with Gasteiger partial charge in [-0.1, -0.05) is 12.1 Å². The molecule has 3 aliphatic heterocycles. The van der Waals surface area contributed by atoms with Crippen LogP contribution in [0.25, 0.3) is 16.9 Å². The second-order valence-corrected chi connectivity index (χ2v) is 10.0. The van der Waals surface area contributed by atoms with E-state index < -0.39 is 0 Å². The van der Waals surface area contributed by atoms with Crippen LogP contribution in [0.3, 0.4) is 0 Å². The van der Waals surface area contributed by atoms with Gasteiger partial charge in [0.1, 0.15) is 0 Å². The highest BCUT2D eigenvalue weighted by Crippen LogP contribution is 2.32. The van der Waals surface area contributed by atoms with Gasteiger partial charge < -0.3 is 19.2 Å². The third-order valence-corrected chi connectivity index (χ3v) is 7.74. The summed E-state index contributed by atoms with van der Waals surface area (Å²) < 4.78 is 13.1. The summed E-state index contributed by atoms with van der Waals surface area (Å²) in [5.74, 6) is 2.10. The number of likely N-dealkylation sites (tertiary alicyclic amines) is 1. The molecule has 0 radical (unpaired) electrons. The molecule has 8 heteroatoms. The molecule has 4 aromatic rings. The van der Waals surface area contributed by atoms with Crippen molar-refractivity contribution in [1.82, 2.24) is 24.3 Å². The van der Waals surface area contributed by atoms with Crippen molar-refractivity contribution in [3.63, 3.8) is 0 Å². The molecular formula is C28H30N6O2. The monoisotopic (exact) mass is 482 g/mol. The van der Waals surface area contributed by atoms with Crippen molar-refractivity contribution in [1.29, 1.82) is 0 Å². The normalized spacial score (nSPS) is 19.0. The van der Waals surface area contributed by atoms with Crippen LogP contribution in [0.5, 0.6) is 5.88 Å². The summed E-state index contributed by atoms with van der Waals surface area (Å²) in [6, 6.07) is 11.6. The van der Waals surface area contributed by atoms with Crippen molar-refractivity contribution in [2.75, 3.05) is 38.2 Å². The zero-order chi connectivity index (χ0) is 23.9. The second-order valence-electron chi connectivity index (χ2n) is 10.0. The average molecular weight is 483 g/mol. The molecule has 3 aromatic heterocycles. The van der Waals surface area contributed by atoms with Crippen LogP contribution < -0.4 is 10.1 Å². The van der Waals surface area contributed by atoms with Gasteiger partial charge in [-0.05, 0) is 68.5 Å². The van der Waals surface area contributed by atoms with Gasteiger partial charge in [0, 0.05) is 41.6 Å². The van der Waals surface area contributed by atoms with Crippen LogP contribution in [0.15, 0.2) is 55.1 Å². The van der Waals surface area contributed by atoms with E-state index in [4.69, 9.17) is 14.5 Å². The van der Waals surface area contributed by atoms with Gasteiger partial charge in [0.2, 0.25) is 5.88 Å². The number of aryl methyl sites for hydroxylation is 1. The number of piperidine rings is 1. The van der Waals surface area contributed by atoms with E-state index in [0.717, 1.165) is 85.6 Å². The predicted octanol–water partition coefficient (Wildman–Crippen LogP) is 4.44. The number of nitrogens with one attached hydrogen (secondary N) is 1. The highest BCUT2D eigenvalue weighted by atomic mass is 16.5. The summed E-state index contributed by atoms with van der Waals surface area (Å²) in [4.78, 5) is 16.6. The first-order valence-electron chi connectivity index (χ1n) is 12.9. The molecule has 0 amide bonds. The molecular weight excluding hydrogens is 452 g/mol. The maximum Gasteiger partial charge on any atom is 0.216 e. The molecule has 8 nitrogen and oxygen atoms in total. The lowest BCUT2D eigenvalue weighted by Gasteiger charge is -2.41. The molecule has 0 saturated carbocycles. The molecule has 0 aliphatic carbocycles. The molecule has 36 heavy (non-hydrogen) atoms. The van der Waals surface area contributed by atoms with Crippen molar-refractivity contribution in [2.24, 2.45) is 0 Å². The number of pyridine rings is 1. The summed E-state index contributed by atoms with van der Waals surface area (Å²) in [7, 11) is 0. The van der Waals surface area contributed by atoms with Crippen LogP contribution >= 0.6 is 0 Å². The van der Waals surface area contributed by atoms with E-state index in [2.05, 4.69) is 50.5 Å². The average Bonchev–Trinajstić information content (AvgIpc) is 3.38. The maximum atomic E-state index is 5.69. The van der Waals surface area contributed by atoms with E-state index in [1.165, 1.54) is 18.4 Å². The van der Waals surface area contributed by atoms with Gasteiger partial charge in [0.05, 0.1) is 31.6 Å². The Morgan fingerprint density at radius 2 is 1.89 bits per heavy atom. The Kier molecular flexibility index (Phi) is 5.55. The summed E-state index contributed by atoms with van der Waals surface area (Å²) in [6.45, 7) is 4.87. The number of hydrogen-bond acceptors (Lipinski definition) is 7. The first-order chi connectivity index (χ1) is 17.8. The minimum Gasteiger partial charge on any atom is -0.477 e. The SMILES string of the molecule is c1cn2cc(-c3cnc4c(c3)CCCO4)nc(Nc3ccc(C4CCN(C5COC5)CC4)cc3)c2n1. The molecule has 184 valence electrons. The number of hydrogen-bond donors (Lipinski definition) is 1. The number of benzene rings is 1. The highest BCUT2D eigenvalue weighted by molar-refractivity contribution is 5.74. The van der Waals surface area contributed by atoms with E-state index >= 15 is 0 Å². The van der Waals surface area contributed by atoms with Crippen LogP contribution in [0, 0.1) is 0 Å². The second kappa shape index (κ2) is 9.19. The van der Waals surface area contributed by atoms with Crippen LogP contribution in [0.2, 0.25) is 0 Å². The van der Waals surface area contributed by atoms with Crippen LogP contribution in [-0.2, 0) is 11.2 Å². The van der Waals surface area contributed by atoms with E-state index in [-0.39, 0.29) is 0 Å². The molecule has 0 bridgehead atoms. The Morgan fingerprint density at radius 1 is 1.03 bits per heavy atom. The molecule has 1 aromatic carbocycles. The standard InChI is InChI=1S/C28H30N6O2/c1-2-21-14-22(15-30-28(21)36-13-1)25-16-34-12-9-29-27(34)26(32-25)31-23-5-3-19(4-6-23)20-7-10-33(11-8-20)24-17-35-18-24/h3-6,9,12,14-16,20,24H,1-2,7-8,10-11,13,17-18H2,(H,31,32). The predicted molar refractivity (Wildman–Crippen MR) is 138 cm³/mol. The van der Waals surface area contributed by atoms with Gasteiger partial charge in [-0.2, -0.15) is 0 Å². The minimum absolute atomic E-state index is 0.622. The Bertz CT molecular complexity index is 1370. The lowest BCUT2D eigenvalue weighted by atomic mass is 9.88. The number of ether oxygens (including phenoxy) is 2. The van der Waals surface area contributed by atoms with Crippen molar-refractivity contribution in [3.8, 4) is 17.1 Å². The Balaban J connectivity index is 1.11. The molecule has 0 spiro atoms. The van der Waals surface area contributed by atoms with E-state index in [0.29, 0.717) is 12.0 Å². The Hall–Kier alpha value is -3.49. The molecule has 0 atom stereocenters. The maximum absolute atomic E-state index is 5.69. The van der Waals surface area contributed by atoms with Gasteiger partial charge in [-0.25, -0.2) is 15.0 Å². The molecule has 2 saturated heterocycles. The number of fused-ring (bicyclic) bond motifs is 2. The van der Waals surface area contributed by atoms with Crippen molar-refractivity contribution >= 4 is 17.2 Å². The van der Waals surface area contributed by atoms with Crippen molar-refractivity contribution in [3.05, 3.63) is 66.2 Å². The fraction of sp³-hybridized carbons (Fsp3) is 0.393. The topological polar surface area (TPSA) is 76.8 Å². The highest BCUT2D eigenvalue weighted by Gasteiger charge is 2.30. The summed E-state index contributed by atoms with van der Waals surface area (Å²) >= 11 is 0. The summed E-state index contributed by atoms with van der Waals surface area (Å²) in [5, 5.41) is 3.51. The number of rotatable bonds is 5. The van der Waals surface area contributed by atoms with Crippen LogP contribution in [0.1, 0.15) is 36.3 Å². The zero-order valence-corrected chi connectivity index (χ0v) is 20.3. The molecule has 1 N–H and O–H groups in total. The van der Waals surface area contributed by atoms with Gasteiger partial charge in [0.15, 0.2) is 11.5 Å². The Labute approximate surface area is 210 Å².